The van der Waals surface area contributed by atoms with Crippen molar-refractivity contribution in [2.75, 3.05) is 26.2 Å². The number of rotatable bonds is 7. The third-order valence-corrected chi connectivity index (χ3v) is 4.36. The van der Waals surface area contributed by atoms with Gasteiger partial charge in [0.2, 0.25) is 11.8 Å². The maximum atomic E-state index is 12.8. The number of carbonyl (C=O) groups is 3. The van der Waals surface area contributed by atoms with Crippen LogP contribution in [0.25, 0.3) is 0 Å². The average Bonchev–Trinajstić information content (AvgIpc) is 2.64. The van der Waals surface area contributed by atoms with Crippen molar-refractivity contribution in [1.82, 2.24) is 15.5 Å². The molecule has 0 aromatic heterocycles. The molecule has 1 aliphatic rings. The molecule has 0 aliphatic carbocycles. The molecule has 2 rings (SSSR count). The topological polar surface area (TPSA) is 87.7 Å². The van der Waals surface area contributed by atoms with E-state index in [2.05, 4.69) is 10.6 Å². The first-order valence-electron chi connectivity index (χ1n) is 9.20. The normalized spacial score (nSPS) is 14.5. The third kappa shape index (κ3) is 7.24. The fourth-order valence-corrected chi connectivity index (χ4v) is 2.91. The first-order chi connectivity index (χ1) is 13.0. The summed E-state index contributed by atoms with van der Waals surface area (Å²) >= 11 is 0. The predicted molar refractivity (Wildman–Crippen MR) is 97.5 cm³/mol. The van der Waals surface area contributed by atoms with E-state index in [4.69, 9.17) is 4.74 Å². The van der Waals surface area contributed by atoms with Crippen molar-refractivity contribution in [2.24, 2.45) is 0 Å². The minimum atomic E-state index is -0.349. The summed E-state index contributed by atoms with van der Waals surface area (Å²) in [5.41, 5.74) is 0.912. The fraction of sp³-hybridized carbons (Fsp3) is 0.526. The second kappa shape index (κ2) is 10.5. The largest absolute Gasteiger partial charge is 0.450 e. The molecule has 0 spiro atoms. The summed E-state index contributed by atoms with van der Waals surface area (Å²) in [5.74, 6) is -0.977. The van der Waals surface area contributed by atoms with E-state index >= 15 is 0 Å². The molecule has 0 saturated carbocycles. The van der Waals surface area contributed by atoms with Gasteiger partial charge in [-0.1, -0.05) is 12.1 Å². The number of benzene rings is 1. The van der Waals surface area contributed by atoms with Crippen molar-refractivity contribution >= 4 is 17.9 Å². The molecule has 8 heteroatoms. The Morgan fingerprint density at radius 3 is 2.44 bits per heavy atom. The molecule has 0 unspecified atom stereocenters. The highest BCUT2D eigenvalue weighted by Crippen LogP contribution is 2.11. The van der Waals surface area contributed by atoms with E-state index in [9.17, 15) is 18.8 Å². The molecular formula is C19H26FN3O4. The highest BCUT2D eigenvalue weighted by molar-refractivity contribution is 5.96. The van der Waals surface area contributed by atoms with E-state index in [1.807, 2.05) is 0 Å². The van der Waals surface area contributed by atoms with Gasteiger partial charge in [0, 0.05) is 25.7 Å². The molecule has 27 heavy (non-hydrogen) atoms. The predicted octanol–water partition coefficient (Wildman–Crippen LogP) is 1.61. The van der Waals surface area contributed by atoms with Gasteiger partial charge in [-0.2, -0.15) is 0 Å². The van der Waals surface area contributed by atoms with Crippen LogP contribution in [0.4, 0.5) is 9.18 Å². The Bertz CT molecular complexity index is 643. The Morgan fingerprint density at radius 1 is 1.15 bits per heavy atom. The molecule has 3 amide bonds. The summed E-state index contributed by atoms with van der Waals surface area (Å²) in [7, 11) is 0. The first-order valence-corrected chi connectivity index (χ1v) is 9.20. The summed E-state index contributed by atoms with van der Waals surface area (Å²) in [6.45, 7) is 3.53. The van der Waals surface area contributed by atoms with Gasteiger partial charge in [0.15, 0.2) is 0 Å². The number of hydrogen-bond acceptors (Lipinski definition) is 4. The SMILES string of the molecule is CCOC(=O)N1CCC(NC(=O)CC(=O)NCCc2ccc(F)cc2)CC1. The Hall–Kier alpha value is -2.64. The summed E-state index contributed by atoms with van der Waals surface area (Å²) in [4.78, 5) is 37.1. The van der Waals surface area contributed by atoms with Crippen LogP contribution < -0.4 is 10.6 Å². The van der Waals surface area contributed by atoms with Crippen LogP contribution in [-0.2, 0) is 20.7 Å². The number of likely N-dealkylation sites (tertiary alicyclic amines) is 1. The zero-order valence-corrected chi connectivity index (χ0v) is 15.5. The van der Waals surface area contributed by atoms with Gasteiger partial charge in [-0.15, -0.1) is 0 Å². The lowest BCUT2D eigenvalue weighted by Gasteiger charge is -2.31. The van der Waals surface area contributed by atoms with Gasteiger partial charge in [0.05, 0.1) is 6.61 Å². The van der Waals surface area contributed by atoms with Crippen molar-refractivity contribution in [3.8, 4) is 0 Å². The van der Waals surface area contributed by atoms with Crippen LogP contribution in [-0.4, -0.2) is 55.1 Å². The molecule has 0 atom stereocenters. The quantitative estimate of drug-likeness (QED) is 0.705. The highest BCUT2D eigenvalue weighted by Gasteiger charge is 2.24. The first kappa shape index (κ1) is 20.7. The Kier molecular flexibility index (Phi) is 8.03. The molecule has 1 aliphatic heterocycles. The van der Waals surface area contributed by atoms with Gasteiger partial charge < -0.3 is 20.3 Å². The molecule has 1 heterocycles. The van der Waals surface area contributed by atoms with Crippen molar-refractivity contribution < 1.29 is 23.5 Å². The Balaban J connectivity index is 1.61. The van der Waals surface area contributed by atoms with Gasteiger partial charge in [-0.05, 0) is 43.9 Å². The highest BCUT2D eigenvalue weighted by atomic mass is 19.1. The molecule has 1 aromatic rings. The van der Waals surface area contributed by atoms with E-state index in [0.717, 1.165) is 5.56 Å². The maximum absolute atomic E-state index is 12.8. The van der Waals surface area contributed by atoms with Crippen LogP contribution in [0.15, 0.2) is 24.3 Å². The monoisotopic (exact) mass is 379 g/mol. The summed E-state index contributed by atoms with van der Waals surface area (Å²) in [6, 6.07) is 6.03. The fourth-order valence-electron chi connectivity index (χ4n) is 2.91. The second-order valence-corrected chi connectivity index (χ2v) is 6.43. The summed E-state index contributed by atoms with van der Waals surface area (Å²) in [6.07, 6.45) is 1.28. The van der Waals surface area contributed by atoms with E-state index in [0.29, 0.717) is 45.5 Å². The molecule has 0 radical (unpaired) electrons. The number of nitrogens with zero attached hydrogens (tertiary/aromatic N) is 1. The lowest BCUT2D eigenvalue weighted by Crippen LogP contribution is -2.47. The Labute approximate surface area is 158 Å². The smallest absolute Gasteiger partial charge is 0.409 e. The second-order valence-electron chi connectivity index (χ2n) is 6.43. The van der Waals surface area contributed by atoms with Gasteiger partial charge in [-0.25, -0.2) is 9.18 Å². The third-order valence-electron chi connectivity index (χ3n) is 4.36. The zero-order chi connectivity index (χ0) is 19.6. The van der Waals surface area contributed by atoms with E-state index in [-0.39, 0.29) is 36.2 Å². The standard InChI is InChI=1S/C19H26FN3O4/c1-2-27-19(26)23-11-8-16(9-12-23)22-18(25)13-17(24)21-10-7-14-3-5-15(20)6-4-14/h3-6,16H,2,7-13H2,1H3,(H,21,24)(H,22,25). The molecule has 148 valence electrons. The van der Waals surface area contributed by atoms with Gasteiger partial charge in [0.1, 0.15) is 12.2 Å². The number of piperidine rings is 1. The van der Waals surface area contributed by atoms with Crippen molar-refractivity contribution in [2.45, 2.75) is 38.6 Å². The molecular weight excluding hydrogens is 353 g/mol. The average molecular weight is 379 g/mol. The number of halogens is 1. The summed E-state index contributed by atoms with van der Waals surface area (Å²) < 4.78 is 17.8. The van der Waals surface area contributed by atoms with Crippen molar-refractivity contribution in [3.63, 3.8) is 0 Å². The summed E-state index contributed by atoms with van der Waals surface area (Å²) in [5, 5.41) is 5.52. The molecule has 1 fully saturated rings. The van der Waals surface area contributed by atoms with Crippen LogP contribution in [0, 0.1) is 5.82 Å². The van der Waals surface area contributed by atoms with E-state index in [1.54, 1.807) is 24.0 Å². The molecule has 2 N–H and O–H groups in total. The number of hydrogen-bond donors (Lipinski definition) is 2. The number of carbonyl (C=O) groups excluding carboxylic acids is 3. The lowest BCUT2D eigenvalue weighted by molar-refractivity contribution is -0.129. The maximum Gasteiger partial charge on any atom is 0.409 e. The molecule has 1 saturated heterocycles. The molecule has 7 nitrogen and oxygen atoms in total. The lowest BCUT2D eigenvalue weighted by atomic mass is 10.1. The van der Waals surface area contributed by atoms with Gasteiger partial charge in [-0.3, -0.25) is 9.59 Å². The minimum Gasteiger partial charge on any atom is -0.450 e. The zero-order valence-electron chi connectivity index (χ0n) is 15.5. The molecule has 0 bridgehead atoms. The van der Waals surface area contributed by atoms with Gasteiger partial charge >= 0.3 is 6.09 Å². The number of ether oxygens (including phenoxy) is 1. The van der Waals surface area contributed by atoms with E-state index in [1.165, 1.54) is 12.1 Å². The van der Waals surface area contributed by atoms with Crippen molar-refractivity contribution in [1.29, 1.82) is 0 Å². The van der Waals surface area contributed by atoms with Crippen LogP contribution >= 0.6 is 0 Å². The van der Waals surface area contributed by atoms with Crippen LogP contribution in [0.3, 0.4) is 0 Å². The van der Waals surface area contributed by atoms with Crippen LogP contribution in [0.5, 0.6) is 0 Å². The van der Waals surface area contributed by atoms with Crippen LogP contribution in [0.1, 0.15) is 31.7 Å². The number of amides is 3. The minimum absolute atomic E-state index is 0.0461. The molecule has 1 aromatic carbocycles. The van der Waals surface area contributed by atoms with E-state index < -0.39 is 0 Å². The van der Waals surface area contributed by atoms with Gasteiger partial charge in [0.25, 0.3) is 0 Å². The number of nitrogens with one attached hydrogen (secondary N) is 2. The van der Waals surface area contributed by atoms with Crippen molar-refractivity contribution in [3.05, 3.63) is 35.6 Å². The van der Waals surface area contributed by atoms with Crippen LogP contribution in [0.2, 0.25) is 0 Å². The Morgan fingerprint density at radius 2 is 1.81 bits per heavy atom.